The Morgan fingerprint density at radius 3 is 2.53 bits per heavy atom. The largest absolute Gasteiger partial charge is 0.573 e. The first-order valence-corrected chi connectivity index (χ1v) is 9.87. The van der Waals surface area contributed by atoms with E-state index in [1.165, 1.54) is 18.2 Å². The van der Waals surface area contributed by atoms with Crippen LogP contribution in [0.4, 0.5) is 13.2 Å². The third kappa shape index (κ3) is 4.24. The number of aliphatic hydroxyl groups excluding tert-OH is 1. The van der Waals surface area contributed by atoms with E-state index in [2.05, 4.69) is 10.1 Å². The van der Waals surface area contributed by atoms with Crippen molar-refractivity contribution in [2.24, 2.45) is 0 Å². The lowest BCUT2D eigenvalue weighted by Crippen LogP contribution is -2.39. The minimum absolute atomic E-state index is 0.105. The number of ether oxygens (including phenoxy) is 1. The number of hydrogen-bond acceptors (Lipinski definition) is 4. The molecule has 2 N–H and O–H groups in total. The second kappa shape index (κ2) is 8.51. The van der Waals surface area contributed by atoms with Crippen molar-refractivity contribution in [3.63, 3.8) is 0 Å². The van der Waals surface area contributed by atoms with Crippen LogP contribution in [0, 0.1) is 0 Å². The van der Waals surface area contributed by atoms with E-state index >= 15 is 0 Å². The second-order valence-corrected chi connectivity index (χ2v) is 7.35. The molecule has 1 aromatic heterocycles. The van der Waals surface area contributed by atoms with Crippen LogP contribution in [0.2, 0.25) is 0 Å². The highest BCUT2D eigenvalue weighted by Crippen LogP contribution is 2.40. The Labute approximate surface area is 181 Å². The number of aldehydes is 1. The summed E-state index contributed by atoms with van der Waals surface area (Å²) < 4.78 is 44.1. The molecule has 166 valence electrons. The monoisotopic (exact) mass is 444 g/mol. The molecule has 9 heteroatoms. The standard InChI is InChI=1S/C23H19F3N2O4/c24-23(25,26)32-18-3-1-2-16(10-18)19-11-20-22(31)27-12-17(8-9-29)28(20)21(19)15-6-4-14(13-30)5-7-15/h1-7,10-11,13,17,29H,8-9,12H2,(H,27,31). The fourth-order valence-corrected chi connectivity index (χ4v) is 3.95. The van der Waals surface area contributed by atoms with Gasteiger partial charge in [-0.2, -0.15) is 0 Å². The molecular weight excluding hydrogens is 425 g/mol. The highest BCUT2D eigenvalue weighted by molar-refractivity contribution is 5.99. The number of rotatable bonds is 6. The number of aromatic nitrogens is 1. The third-order valence-corrected chi connectivity index (χ3v) is 5.29. The van der Waals surface area contributed by atoms with Gasteiger partial charge in [-0.15, -0.1) is 13.2 Å². The Bertz CT molecular complexity index is 1150. The van der Waals surface area contributed by atoms with Gasteiger partial charge in [0.05, 0.1) is 11.7 Å². The summed E-state index contributed by atoms with van der Waals surface area (Å²) in [6.45, 7) is 0.197. The van der Waals surface area contributed by atoms with Gasteiger partial charge >= 0.3 is 6.36 Å². The van der Waals surface area contributed by atoms with Crippen LogP contribution in [0.15, 0.2) is 54.6 Å². The maximum atomic E-state index is 12.7. The molecule has 0 spiro atoms. The molecule has 0 saturated heterocycles. The molecular formula is C23H19F3N2O4. The van der Waals surface area contributed by atoms with Gasteiger partial charge in [-0.3, -0.25) is 9.59 Å². The summed E-state index contributed by atoms with van der Waals surface area (Å²) in [6, 6.07) is 13.6. The first-order chi connectivity index (χ1) is 15.3. The summed E-state index contributed by atoms with van der Waals surface area (Å²) >= 11 is 0. The van der Waals surface area contributed by atoms with E-state index in [0.717, 1.165) is 0 Å². The maximum Gasteiger partial charge on any atom is 0.573 e. The Kier molecular flexibility index (Phi) is 5.75. The summed E-state index contributed by atoms with van der Waals surface area (Å²) in [6.07, 6.45) is -3.76. The molecule has 6 nitrogen and oxygen atoms in total. The minimum atomic E-state index is -4.84. The zero-order valence-corrected chi connectivity index (χ0v) is 16.7. The van der Waals surface area contributed by atoms with Crippen molar-refractivity contribution < 1.29 is 32.6 Å². The van der Waals surface area contributed by atoms with E-state index in [-0.39, 0.29) is 24.3 Å². The van der Waals surface area contributed by atoms with Crippen molar-refractivity contribution >= 4 is 12.2 Å². The average Bonchev–Trinajstić information content (AvgIpc) is 3.17. The number of benzene rings is 2. The van der Waals surface area contributed by atoms with E-state index in [9.17, 15) is 27.9 Å². The van der Waals surface area contributed by atoms with Gasteiger partial charge in [0.25, 0.3) is 5.91 Å². The Balaban J connectivity index is 1.93. The molecule has 0 fully saturated rings. The van der Waals surface area contributed by atoms with Crippen molar-refractivity contribution in [1.82, 2.24) is 9.88 Å². The lowest BCUT2D eigenvalue weighted by molar-refractivity contribution is -0.274. The van der Waals surface area contributed by atoms with Gasteiger partial charge in [-0.05, 0) is 35.7 Å². The van der Waals surface area contributed by atoms with Crippen molar-refractivity contribution in [2.45, 2.75) is 18.8 Å². The highest BCUT2D eigenvalue weighted by Gasteiger charge is 2.32. The average molecular weight is 444 g/mol. The number of amides is 1. The number of nitrogens with one attached hydrogen (secondary N) is 1. The number of hydrogen-bond donors (Lipinski definition) is 2. The molecule has 0 bridgehead atoms. The molecule has 1 atom stereocenters. The van der Waals surface area contributed by atoms with E-state index in [1.54, 1.807) is 41.0 Å². The fraction of sp³-hybridized carbons (Fsp3) is 0.217. The minimum Gasteiger partial charge on any atom is -0.406 e. The molecule has 0 radical (unpaired) electrons. The lowest BCUT2D eigenvalue weighted by atomic mass is 10.00. The van der Waals surface area contributed by atoms with Crippen LogP contribution in [0.1, 0.15) is 33.3 Å². The second-order valence-electron chi connectivity index (χ2n) is 7.35. The van der Waals surface area contributed by atoms with E-state index in [0.29, 0.717) is 52.9 Å². The van der Waals surface area contributed by atoms with E-state index < -0.39 is 6.36 Å². The number of alkyl halides is 3. The number of aliphatic hydroxyl groups is 1. The molecule has 2 heterocycles. The van der Waals surface area contributed by atoms with Crippen LogP contribution in [0.5, 0.6) is 5.75 Å². The van der Waals surface area contributed by atoms with Crippen LogP contribution >= 0.6 is 0 Å². The molecule has 0 saturated carbocycles. The van der Waals surface area contributed by atoms with Crippen LogP contribution in [0.3, 0.4) is 0 Å². The first-order valence-electron chi connectivity index (χ1n) is 9.87. The van der Waals surface area contributed by atoms with Crippen LogP contribution in [0.25, 0.3) is 22.4 Å². The van der Waals surface area contributed by atoms with Gasteiger partial charge in [0.1, 0.15) is 17.7 Å². The number of carbonyl (C=O) groups is 2. The van der Waals surface area contributed by atoms with Crippen LogP contribution in [-0.4, -0.2) is 41.4 Å². The fourth-order valence-electron chi connectivity index (χ4n) is 3.95. The smallest absolute Gasteiger partial charge is 0.406 e. The number of nitrogens with zero attached hydrogens (tertiary/aromatic N) is 1. The van der Waals surface area contributed by atoms with Gasteiger partial charge in [0.15, 0.2) is 0 Å². The molecule has 0 aliphatic carbocycles. The van der Waals surface area contributed by atoms with Crippen molar-refractivity contribution in [2.75, 3.05) is 13.2 Å². The number of carbonyl (C=O) groups excluding carboxylic acids is 2. The predicted molar refractivity (Wildman–Crippen MR) is 110 cm³/mol. The Hall–Kier alpha value is -3.59. The van der Waals surface area contributed by atoms with E-state index in [1.807, 2.05) is 0 Å². The van der Waals surface area contributed by atoms with Gasteiger partial charge in [0.2, 0.25) is 0 Å². The summed E-state index contributed by atoms with van der Waals surface area (Å²) in [7, 11) is 0. The van der Waals surface area contributed by atoms with Crippen LogP contribution in [-0.2, 0) is 0 Å². The molecule has 4 rings (SSSR count). The Morgan fingerprint density at radius 1 is 1.12 bits per heavy atom. The van der Waals surface area contributed by atoms with E-state index in [4.69, 9.17) is 0 Å². The molecule has 2 aromatic carbocycles. The molecule has 3 aromatic rings. The van der Waals surface area contributed by atoms with Crippen molar-refractivity contribution in [3.8, 4) is 28.1 Å². The molecule has 32 heavy (non-hydrogen) atoms. The third-order valence-electron chi connectivity index (χ3n) is 5.29. The summed E-state index contributed by atoms with van der Waals surface area (Å²) in [5, 5.41) is 12.3. The van der Waals surface area contributed by atoms with Crippen LogP contribution < -0.4 is 10.1 Å². The molecule has 1 amide bonds. The lowest BCUT2D eigenvalue weighted by Gasteiger charge is -2.28. The number of fused-ring (bicyclic) bond motifs is 1. The molecule has 1 aliphatic rings. The predicted octanol–water partition coefficient (Wildman–Crippen LogP) is 4.20. The molecule has 1 aliphatic heterocycles. The van der Waals surface area contributed by atoms with Gasteiger partial charge in [-0.1, -0.05) is 36.4 Å². The first kappa shape index (κ1) is 21.6. The van der Waals surface area contributed by atoms with Gasteiger partial charge in [0, 0.05) is 24.3 Å². The zero-order valence-electron chi connectivity index (χ0n) is 16.7. The van der Waals surface area contributed by atoms with Crippen molar-refractivity contribution in [3.05, 3.63) is 65.9 Å². The SMILES string of the molecule is O=Cc1ccc(-c2c(-c3cccc(OC(F)(F)F)c3)cc3n2C(CCO)CNC3=O)cc1. The maximum absolute atomic E-state index is 12.7. The zero-order chi connectivity index (χ0) is 22.9. The van der Waals surface area contributed by atoms with Gasteiger partial charge < -0.3 is 19.7 Å². The number of halogens is 3. The normalized spacial score (nSPS) is 15.8. The van der Waals surface area contributed by atoms with Crippen molar-refractivity contribution in [1.29, 1.82) is 0 Å². The summed E-state index contributed by atoms with van der Waals surface area (Å²) in [4.78, 5) is 23.7. The quantitative estimate of drug-likeness (QED) is 0.559. The molecule has 1 unspecified atom stereocenters. The topological polar surface area (TPSA) is 80.6 Å². The Morgan fingerprint density at radius 2 is 1.88 bits per heavy atom. The summed E-state index contributed by atoms with van der Waals surface area (Å²) in [5.41, 5.74) is 3.05. The summed E-state index contributed by atoms with van der Waals surface area (Å²) in [5.74, 6) is -0.698. The van der Waals surface area contributed by atoms with Gasteiger partial charge in [-0.25, -0.2) is 0 Å². The highest BCUT2D eigenvalue weighted by atomic mass is 19.4.